The molecule has 0 bridgehead atoms. The van der Waals surface area contributed by atoms with Crippen LogP contribution in [0.5, 0.6) is 0 Å². The highest BCUT2D eigenvalue weighted by atomic mass is 16.6. The third-order valence-electron chi connectivity index (χ3n) is 5.91. The molecule has 1 saturated carbocycles. The second-order valence-corrected chi connectivity index (χ2v) is 7.83. The molecule has 2 aliphatic rings. The van der Waals surface area contributed by atoms with Crippen LogP contribution in [0.15, 0.2) is 24.3 Å². The van der Waals surface area contributed by atoms with Crippen LogP contribution in [-0.4, -0.2) is 28.6 Å². The number of hydrogen-bond acceptors (Lipinski definition) is 4. The number of carbonyl (C=O) groups is 3. The van der Waals surface area contributed by atoms with Gasteiger partial charge in [-0.3, -0.25) is 9.59 Å². The summed E-state index contributed by atoms with van der Waals surface area (Å²) in [5.74, 6) is -0.131. The van der Waals surface area contributed by atoms with E-state index in [0.29, 0.717) is 12.8 Å². The van der Waals surface area contributed by atoms with Crippen LogP contribution in [0.4, 0.5) is 4.79 Å². The normalized spacial score (nSPS) is 24.5. The Balaban J connectivity index is 1.69. The van der Waals surface area contributed by atoms with Crippen LogP contribution in [0.3, 0.4) is 0 Å². The van der Waals surface area contributed by atoms with Gasteiger partial charge in [-0.15, -0.1) is 0 Å². The van der Waals surface area contributed by atoms with Gasteiger partial charge in [0.25, 0.3) is 0 Å². The zero-order valence-electron chi connectivity index (χ0n) is 15.7. The molecule has 27 heavy (non-hydrogen) atoms. The first kappa shape index (κ1) is 19.4. The summed E-state index contributed by atoms with van der Waals surface area (Å²) in [6.45, 7) is 1.80. The van der Waals surface area contributed by atoms with Gasteiger partial charge in [0.2, 0.25) is 0 Å². The molecule has 2 N–H and O–H groups in total. The Morgan fingerprint density at radius 3 is 2.52 bits per heavy atom. The van der Waals surface area contributed by atoms with Gasteiger partial charge in [0.05, 0.1) is 6.04 Å². The van der Waals surface area contributed by atoms with E-state index >= 15 is 0 Å². The summed E-state index contributed by atoms with van der Waals surface area (Å²) in [7, 11) is 0. The Kier molecular flexibility index (Phi) is 5.82. The van der Waals surface area contributed by atoms with Crippen LogP contribution >= 0.6 is 0 Å². The molecule has 146 valence electrons. The molecule has 2 atom stereocenters. The molecular weight excluding hydrogens is 346 g/mol. The molecule has 1 aromatic rings. The fourth-order valence-corrected chi connectivity index (χ4v) is 4.48. The highest BCUT2D eigenvalue weighted by Crippen LogP contribution is 2.43. The molecule has 1 amide bonds. The number of cyclic esters (lactones) is 1. The lowest BCUT2D eigenvalue weighted by molar-refractivity contribution is -0.178. The summed E-state index contributed by atoms with van der Waals surface area (Å²) < 4.78 is 5.82. The van der Waals surface area contributed by atoms with E-state index in [1.54, 1.807) is 6.92 Å². The van der Waals surface area contributed by atoms with Crippen LogP contribution in [-0.2, 0) is 20.7 Å². The Bertz CT molecular complexity index is 690. The van der Waals surface area contributed by atoms with E-state index in [-0.39, 0.29) is 30.1 Å². The van der Waals surface area contributed by atoms with Crippen LogP contribution in [0, 0.1) is 5.92 Å². The number of benzene rings is 1. The van der Waals surface area contributed by atoms with Crippen molar-refractivity contribution in [2.24, 2.45) is 5.92 Å². The minimum absolute atomic E-state index is 0.0120. The van der Waals surface area contributed by atoms with Crippen molar-refractivity contribution in [2.75, 3.05) is 0 Å². The Labute approximate surface area is 159 Å². The number of Topliss-reactive ketones (excluding diaryl/α,β-unsaturated/α-hetero) is 1. The van der Waals surface area contributed by atoms with E-state index in [1.807, 2.05) is 24.3 Å². The van der Waals surface area contributed by atoms with E-state index in [4.69, 9.17) is 9.84 Å². The van der Waals surface area contributed by atoms with Gasteiger partial charge in [0, 0.05) is 6.42 Å². The number of rotatable bonds is 6. The highest BCUT2D eigenvalue weighted by Gasteiger charge is 2.47. The van der Waals surface area contributed by atoms with Crippen molar-refractivity contribution >= 4 is 17.8 Å². The van der Waals surface area contributed by atoms with Crippen molar-refractivity contribution < 1.29 is 24.2 Å². The van der Waals surface area contributed by atoms with E-state index in [9.17, 15) is 14.4 Å². The van der Waals surface area contributed by atoms with Gasteiger partial charge in [0.1, 0.15) is 17.8 Å². The van der Waals surface area contributed by atoms with Crippen molar-refractivity contribution in [3.63, 3.8) is 0 Å². The molecule has 6 heteroatoms. The first-order chi connectivity index (χ1) is 12.9. The molecule has 1 saturated heterocycles. The molecule has 2 fully saturated rings. The topological polar surface area (TPSA) is 92.7 Å². The van der Waals surface area contributed by atoms with Crippen molar-refractivity contribution in [3.8, 4) is 0 Å². The maximum Gasteiger partial charge on any atom is 0.405 e. The van der Waals surface area contributed by atoms with Crippen LogP contribution in [0.2, 0.25) is 0 Å². The minimum atomic E-state index is -1.05. The Morgan fingerprint density at radius 2 is 1.93 bits per heavy atom. The summed E-state index contributed by atoms with van der Waals surface area (Å²) in [6.07, 6.45) is 4.83. The lowest BCUT2D eigenvalue weighted by Crippen LogP contribution is -2.48. The second-order valence-electron chi connectivity index (χ2n) is 7.83. The first-order valence-corrected chi connectivity index (χ1v) is 9.70. The Hall–Kier alpha value is -2.37. The lowest BCUT2D eigenvalue weighted by atomic mass is 9.76. The molecule has 1 heterocycles. The minimum Gasteiger partial charge on any atom is -0.465 e. The van der Waals surface area contributed by atoms with Gasteiger partial charge in [0.15, 0.2) is 0 Å². The average Bonchev–Trinajstić information content (AvgIpc) is 3.14. The predicted molar refractivity (Wildman–Crippen MR) is 99.4 cm³/mol. The van der Waals surface area contributed by atoms with Crippen molar-refractivity contribution in [2.45, 2.75) is 69.9 Å². The van der Waals surface area contributed by atoms with Gasteiger partial charge in [-0.1, -0.05) is 37.1 Å². The largest absolute Gasteiger partial charge is 0.465 e. The van der Waals surface area contributed by atoms with Crippen molar-refractivity contribution in [1.29, 1.82) is 0 Å². The van der Waals surface area contributed by atoms with Crippen LogP contribution in [0.1, 0.15) is 69.0 Å². The third-order valence-corrected chi connectivity index (χ3v) is 5.91. The quantitative estimate of drug-likeness (QED) is 0.585. The predicted octanol–water partition coefficient (Wildman–Crippen LogP) is 3.78. The lowest BCUT2D eigenvalue weighted by Gasteiger charge is -2.41. The zero-order valence-corrected chi connectivity index (χ0v) is 15.7. The molecule has 0 aromatic heterocycles. The van der Waals surface area contributed by atoms with Crippen LogP contribution in [0.25, 0.3) is 0 Å². The number of ketones is 1. The second kappa shape index (κ2) is 8.11. The van der Waals surface area contributed by atoms with Crippen LogP contribution < -0.4 is 5.32 Å². The SMILES string of the molecule is C[C@@H](NC(=O)O)c1ccc(CCC2(C3CCCC3)CC(=O)CC(=O)O2)cc1. The maximum atomic E-state index is 12.1. The van der Waals surface area contributed by atoms with Crippen molar-refractivity contribution in [3.05, 3.63) is 35.4 Å². The smallest absolute Gasteiger partial charge is 0.405 e. The zero-order chi connectivity index (χ0) is 19.4. The monoisotopic (exact) mass is 373 g/mol. The summed E-state index contributed by atoms with van der Waals surface area (Å²) in [5.41, 5.74) is 1.33. The molecule has 3 rings (SSSR count). The fourth-order valence-electron chi connectivity index (χ4n) is 4.48. The number of nitrogens with one attached hydrogen (secondary N) is 1. The third kappa shape index (κ3) is 4.67. The highest BCUT2D eigenvalue weighted by molar-refractivity contribution is 5.98. The number of aryl methyl sites for hydroxylation is 1. The standard InChI is InChI=1S/C21H27NO5/c1-14(22-20(25)26)16-8-6-15(7-9-16)10-11-21(17-4-2-3-5-17)13-18(23)12-19(24)27-21/h6-9,14,17,22H,2-5,10-13H2,1H3,(H,25,26)/t14-,21?/m1/s1. The number of amides is 1. The molecule has 0 radical (unpaired) electrons. The van der Waals surface area contributed by atoms with E-state index in [0.717, 1.165) is 43.2 Å². The summed E-state index contributed by atoms with van der Waals surface area (Å²) >= 11 is 0. The summed E-state index contributed by atoms with van der Waals surface area (Å²) in [6, 6.07) is 7.50. The van der Waals surface area contributed by atoms with Gasteiger partial charge in [-0.2, -0.15) is 0 Å². The maximum absolute atomic E-state index is 12.1. The molecule has 6 nitrogen and oxygen atoms in total. The average molecular weight is 373 g/mol. The van der Waals surface area contributed by atoms with Gasteiger partial charge in [-0.05, 0) is 49.7 Å². The molecule has 1 aromatic carbocycles. The molecular formula is C21H27NO5. The van der Waals surface area contributed by atoms with Gasteiger partial charge in [-0.25, -0.2) is 4.79 Å². The molecule has 1 aliphatic heterocycles. The van der Waals surface area contributed by atoms with E-state index < -0.39 is 11.7 Å². The van der Waals surface area contributed by atoms with Gasteiger partial charge >= 0.3 is 12.1 Å². The number of carboxylic acid groups (broad SMARTS) is 1. The number of carbonyl (C=O) groups excluding carboxylic acids is 2. The molecule has 1 unspecified atom stereocenters. The first-order valence-electron chi connectivity index (χ1n) is 9.70. The number of hydrogen-bond donors (Lipinski definition) is 2. The van der Waals surface area contributed by atoms with E-state index in [2.05, 4.69) is 5.32 Å². The summed E-state index contributed by atoms with van der Waals surface area (Å²) in [5, 5.41) is 11.3. The van der Waals surface area contributed by atoms with E-state index in [1.165, 1.54) is 0 Å². The Morgan fingerprint density at radius 1 is 1.26 bits per heavy atom. The summed E-state index contributed by atoms with van der Waals surface area (Å²) in [4.78, 5) is 34.8. The molecule has 1 aliphatic carbocycles. The fraction of sp³-hybridized carbons (Fsp3) is 0.571. The number of esters is 1. The molecule has 0 spiro atoms. The van der Waals surface area contributed by atoms with Crippen molar-refractivity contribution in [1.82, 2.24) is 5.32 Å². The van der Waals surface area contributed by atoms with Gasteiger partial charge < -0.3 is 15.2 Å². The number of ether oxygens (including phenoxy) is 1.